The van der Waals surface area contributed by atoms with Gasteiger partial charge in [0.25, 0.3) is 11.8 Å². The van der Waals surface area contributed by atoms with Crippen LogP contribution in [-0.2, 0) is 0 Å². The van der Waals surface area contributed by atoms with Gasteiger partial charge in [-0.15, -0.1) is 13.2 Å². The van der Waals surface area contributed by atoms with Crippen LogP contribution in [0.15, 0.2) is 48.8 Å². The number of para-hydroxylation sites is 1. The summed E-state index contributed by atoms with van der Waals surface area (Å²) in [5.74, 6) is -3.49. The number of aromatic nitrogens is 2. The van der Waals surface area contributed by atoms with Gasteiger partial charge in [-0.3, -0.25) is 14.6 Å². The maximum absolute atomic E-state index is 14.8. The Hall–Kier alpha value is -4.46. The maximum atomic E-state index is 14.8. The predicted octanol–water partition coefficient (Wildman–Crippen LogP) is 4.29. The Labute approximate surface area is 220 Å². The Morgan fingerprint density at radius 1 is 1.00 bits per heavy atom. The number of nitrogens with one attached hydrogen (secondary N) is 3. The Bertz CT molecular complexity index is 1370. The van der Waals surface area contributed by atoms with Gasteiger partial charge in [-0.25, -0.2) is 9.37 Å². The number of pyridine rings is 2. The highest BCUT2D eigenvalue weighted by atomic mass is 19.4. The number of carbonyl (C=O) groups is 2. The molecule has 2 unspecified atom stereocenters. The SMILES string of the molecule is NC(=O)c1cc(F)c(NC2CCCCC2N)nc1Nc1cncc(NC(=O)c2ccccc2OC(F)(F)F)c1. The first kappa shape index (κ1) is 27.6. The van der Waals surface area contributed by atoms with Gasteiger partial charge in [-0.2, -0.15) is 0 Å². The standard InChI is InChI=1S/C25H25F4N7O3/c26-17-10-16(21(31)37)22(36-23(17)35-19-7-3-2-6-18(19)30)33-13-9-14(12-32-11-13)34-24(38)15-5-1-4-8-20(15)39-25(27,28)29/h1,4-5,8-12,18-19H,2-3,6-7,30H2,(H2,31,37)(H,34,38)(H2,33,35,36). The van der Waals surface area contributed by atoms with Crippen LogP contribution in [0.5, 0.6) is 5.75 Å². The van der Waals surface area contributed by atoms with Gasteiger partial charge in [0, 0.05) is 12.1 Å². The van der Waals surface area contributed by atoms with Crippen molar-refractivity contribution in [3.05, 3.63) is 65.7 Å². The number of rotatable bonds is 8. The van der Waals surface area contributed by atoms with Gasteiger partial charge in [0.2, 0.25) is 0 Å². The average molecular weight is 548 g/mol. The lowest BCUT2D eigenvalue weighted by atomic mass is 9.91. The van der Waals surface area contributed by atoms with Gasteiger partial charge in [0.05, 0.1) is 34.9 Å². The lowest BCUT2D eigenvalue weighted by Gasteiger charge is -2.30. The topological polar surface area (TPSA) is 157 Å². The summed E-state index contributed by atoms with van der Waals surface area (Å²) in [6.07, 6.45) is 0.999. The third-order valence-corrected chi connectivity index (χ3v) is 6.00. The Morgan fingerprint density at radius 3 is 2.44 bits per heavy atom. The molecule has 0 aliphatic heterocycles. The zero-order valence-electron chi connectivity index (χ0n) is 20.4. The highest BCUT2D eigenvalue weighted by Gasteiger charge is 2.33. The van der Waals surface area contributed by atoms with Crippen LogP contribution in [0.2, 0.25) is 0 Å². The van der Waals surface area contributed by atoms with Gasteiger partial charge < -0.3 is 32.2 Å². The number of nitrogens with zero attached hydrogens (tertiary/aromatic N) is 2. The fraction of sp³-hybridized carbons (Fsp3) is 0.280. The summed E-state index contributed by atoms with van der Waals surface area (Å²) in [7, 11) is 0. The molecule has 7 N–H and O–H groups in total. The van der Waals surface area contributed by atoms with Gasteiger partial charge >= 0.3 is 6.36 Å². The Morgan fingerprint density at radius 2 is 1.72 bits per heavy atom. The first-order valence-electron chi connectivity index (χ1n) is 11.9. The Kier molecular flexibility index (Phi) is 8.14. The molecular weight excluding hydrogens is 522 g/mol. The normalized spacial score (nSPS) is 17.3. The fourth-order valence-electron chi connectivity index (χ4n) is 4.17. The molecule has 2 aromatic heterocycles. The molecule has 0 bridgehead atoms. The summed E-state index contributed by atoms with van der Waals surface area (Å²) in [4.78, 5) is 32.9. The molecule has 1 aliphatic rings. The minimum Gasteiger partial charge on any atom is -0.405 e. The maximum Gasteiger partial charge on any atom is 0.573 e. The largest absolute Gasteiger partial charge is 0.573 e. The second-order valence-corrected chi connectivity index (χ2v) is 8.86. The van der Waals surface area contributed by atoms with Crippen LogP contribution in [0.3, 0.4) is 0 Å². The van der Waals surface area contributed by atoms with Crippen LogP contribution in [0, 0.1) is 5.82 Å². The third-order valence-electron chi connectivity index (χ3n) is 6.00. The molecule has 14 heteroatoms. The van der Waals surface area contributed by atoms with Crippen molar-refractivity contribution in [2.45, 2.75) is 44.1 Å². The van der Waals surface area contributed by atoms with Crippen LogP contribution in [0.4, 0.5) is 40.6 Å². The molecule has 2 amide bonds. The number of nitrogens with two attached hydrogens (primary N) is 2. The lowest BCUT2D eigenvalue weighted by Crippen LogP contribution is -2.43. The number of alkyl halides is 3. The van der Waals surface area contributed by atoms with E-state index in [1.54, 1.807) is 0 Å². The van der Waals surface area contributed by atoms with Crippen molar-refractivity contribution >= 4 is 34.8 Å². The van der Waals surface area contributed by atoms with Crippen LogP contribution in [0.1, 0.15) is 46.4 Å². The van der Waals surface area contributed by atoms with E-state index in [0.717, 1.165) is 37.8 Å². The Balaban J connectivity index is 1.56. The molecule has 3 aromatic rings. The molecule has 206 valence electrons. The summed E-state index contributed by atoms with van der Waals surface area (Å²) in [5.41, 5.74) is 11.3. The van der Waals surface area contributed by atoms with Crippen molar-refractivity contribution < 1.29 is 31.9 Å². The highest BCUT2D eigenvalue weighted by molar-refractivity contribution is 6.06. The number of halogens is 4. The van der Waals surface area contributed by atoms with E-state index in [4.69, 9.17) is 11.5 Å². The van der Waals surface area contributed by atoms with Crippen molar-refractivity contribution in [2.24, 2.45) is 11.5 Å². The molecule has 2 atom stereocenters. The number of anilines is 4. The van der Waals surface area contributed by atoms with E-state index in [-0.39, 0.29) is 46.2 Å². The molecule has 0 saturated heterocycles. The molecule has 10 nitrogen and oxygen atoms in total. The number of amides is 2. The van der Waals surface area contributed by atoms with E-state index in [0.29, 0.717) is 0 Å². The van der Waals surface area contributed by atoms with E-state index in [1.807, 2.05) is 0 Å². The van der Waals surface area contributed by atoms with E-state index in [2.05, 4.69) is 30.7 Å². The smallest absolute Gasteiger partial charge is 0.405 e. The minimum atomic E-state index is -4.99. The first-order valence-corrected chi connectivity index (χ1v) is 11.9. The van der Waals surface area contributed by atoms with Crippen LogP contribution < -0.4 is 32.2 Å². The number of hydrogen-bond acceptors (Lipinski definition) is 8. The molecule has 1 saturated carbocycles. The third kappa shape index (κ3) is 7.10. The summed E-state index contributed by atoms with van der Waals surface area (Å²) in [6.45, 7) is 0. The predicted molar refractivity (Wildman–Crippen MR) is 135 cm³/mol. The van der Waals surface area contributed by atoms with Gasteiger partial charge in [-0.05, 0) is 37.1 Å². The quantitative estimate of drug-likeness (QED) is 0.261. The van der Waals surface area contributed by atoms with Crippen LogP contribution >= 0.6 is 0 Å². The van der Waals surface area contributed by atoms with Crippen molar-refractivity contribution in [2.75, 3.05) is 16.0 Å². The molecule has 1 fully saturated rings. The van der Waals surface area contributed by atoms with Gasteiger partial charge in [0.15, 0.2) is 11.6 Å². The molecule has 1 aromatic carbocycles. The molecule has 39 heavy (non-hydrogen) atoms. The molecule has 4 rings (SSSR count). The van der Waals surface area contributed by atoms with Gasteiger partial charge in [0.1, 0.15) is 11.6 Å². The molecule has 1 aliphatic carbocycles. The molecule has 2 heterocycles. The van der Waals surface area contributed by atoms with Crippen molar-refractivity contribution in [1.29, 1.82) is 0 Å². The summed E-state index contributed by atoms with van der Waals surface area (Å²) < 4.78 is 56.9. The number of benzene rings is 1. The van der Waals surface area contributed by atoms with E-state index in [9.17, 15) is 27.2 Å². The summed E-state index contributed by atoms with van der Waals surface area (Å²) in [5, 5.41) is 8.27. The number of hydrogen-bond donors (Lipinski definition) is 5. The van der Waals surface area contributed by atoms with E-state index in [1.165, 1.54) is 36.7 Å². The molecular formula is C25H25F4N7O3. The average Bonchev–Trinajstić information content (AvgIpc) is 2.86. The van der Waals surface area contributed by atoms with Gasteiger partial charge in [-0.1, -0.05) is 25.0 Å². The fourth-order valence-corrected chi connectivity index (χ4v) is 4.17. The monoisotopic (exact) mass is 547 g/mol. The summed E-state index contributed by atoms with van der Waals surface area (Å²) >= 11 is 0. The lowest BCUT2D eigenvalue weighted by molar-refractivity contribution is -0.274. The number of carbonyl (C=O) groups excluding carboxylic acids is 2. The second kappa shape index (κ2) is 11.5. The van der Waals surface area contributed by atoms with Crippen molar-refractivity contribution in [3.63, 3.8) is 0 Å². The zero-order valence-corrected chi connectivity index (χ0v) is 20.4. The van der Waals surface area contributed by atoms with E-state index < -0.39 is 29.7 Å². The first-order chi connectivity index (χ1) is 18.5. The van der Waals surface area contributed by atoms with Crippen LogP contribution in [0.25, 0.3) is 0 Å². The zero-order chi connectivity index (χ0) is 28.2. The molecule has 0 radical (unpaired) electrons. The van der Waals surface area contributed by atoms with E-state index >= 15 is 0 Å². The van der Waals surface area contributed by atoms with Crippen molar-refractivity contribution in [1.82, 2.24) is 9.97 Å². The van der Waals surface area contributed by atoms with Crippen LogP contribution in [-0.4, -0.2) is 40.2 Å². The summed E-state index contributed by atoms with van der Waals surface area (Å²) in [6, 6.07) is 6.78. The highest BCUT2D eigenvalue weighted by Crippen LogP contribution is 2.29. The number of ether oxygens (including phenoxy) is 1. The molecule has 0 spiro atoms. The number of primary amides is 1. The minimum absolute atomic E-state index is 0.0787. The second-order valence-electron chi connectivity index (χ2n) is 8.86. The van der Waals surface area contributed by atoms with Crippen molar-refractivity contribution in [3.8, 4) is 5.75 Å².